The van der Waals surface area contributed by atoms with Crippen LogP contribution in [0.4, 0.5) is 5.69 Å². The highest BCUT2D eigenvalue weighted by atomic mass is 16.5. The van der Waals surface area contributed by atoms with Crippen LogP contribution in [0.1, 0.15) is 43.1 Å². The summed E-state index contributed by atoms with van der Waals surface area (Å²) in [6.45, 7) is 6.43. The van der Waals surface area contributed by atoms with Crippen LogP contribution in [-0.2, 0) is 14.9 Å². The maximum atomic E-state index is 12.5. The van der Waals surface area contributed by atoms with Crippen LogP contribution in [-0.4, -0.2) is 24.4 Å². The number of nitrogens with one attached hydrogen (secondary N) is 1. The van der Waals surface area contributed by atoms with E-state index in [1.54, 1.807) is 6.07 Å². The fourth-order valence-electron chi connectivity index (χ4n) is 2.92. The molecule has 1 aromatic rings. The minimum Gasteiger partial charge on any atom is -0.370 e. The highest BCUT2D eigenvalue weighted by Crippen LogP contribution is 2.38. The van der Waals surface area contributed by atoms with Crippen LogP contribution < -0.4 is 5.32 Å². The molecule has 0 spiro atoms. The highest BCUT2D eigenvalue weighted by Gasteiger charge is 2.39. The van der Waals surface area contributed by atoms with Gasteiger partial charge in [-0.15, -0.1) is 0 Å². The summed E-state index contributed by atoms with van der Waals surface area (Å²) in [6, 6.07) is 5.43. The lowest BCUT2D eigenvalue weighted by Gasteiger charge is -2.17. The average Bonchev–Trinajstić information content (AvgIpc) is 2.92. The fraction of sp³-hybridized carbons (Fsp3) is 0.500. The van der Waals surface area contributed by atoms with E-state index in [9.17, 15) is 9.59 Å². The van der Waals surface area contributed by atoms with Gasteiger partial charge in [-0.3, -0.25) is 9.59 Å². The zero-order chi connectivity index (χ0) is 14.5. The maximum absolute atomic E-state index is 12.5. The third-order valence-electron chi connectivity index (χ3n) is 4.44. The third-order valence-corrected chi connectivity index (χ3v) is 4.44. The first kappa shape index (κ1) is 13.3. The number of ketones is 1. The van der Waals surface area contributed by atoms with Crippen LogP contribution in [0.3, 0.4) is 0 Å². The number of benzene rings is 1. The van der Waals surface area contributed by atoms with Crippen LogP contribution >= 0.6 is 0 Å². The molecule has 2 atom stereocenters. The smallest absolute Gasteiger partial charge is 0.234 e. The molecule has 4 heteroatoms. The summed E-state index contributed by atoms with van der Waals surface area (Å²) in [4.78, 5) is 24.4. The van der Waals surface area contributed by atoms with Gasteiger partial charge in [0.2, 0.25) is 5.91 Å². The summed E-state index contributed by atoms with van der Waals surface area (Å²) in [5, 5.41) is 2.85. The maximum Gasteiger partial charge on any atom is 0.234 e. The molecule has 106 valence electrons. The minimum absolute atomic E-state index is 0.0212. The van der Waals surface area contributed by atoms with E-state index in [1.807, 2.05) is 32.9 Å². The number of carbonyl (C=O) groups excluding carboxylic acids is 2. The molecule has 1 N–H and O–H groups in total. The third kappa shape index (κ3) is 1.86. The number of carbonyl (C=O) groups is 2. The van der Waals surface area contributed by atoms with Crippen LogP contribution in [0.5, 0.6) is 0 Å². The van der Waals surface area contributed by atoms with Crippen molar-refractivity contribution in [1.29, 1.82) is 0 Å². The van der Waals surface area contributed by atoms with E-state index in [0.717, 1.165) is 17.7 Å². The van der Waals surface area contributed by atoms with E-state index in [4.69, 9.17) is 4.74 Å². The molecule has 1 aromatic carbocycles. The van der Waals surface area contributed by atoms with E-state index < -0.39 is 5.41 Å². The predicted molar refractivity (Wildman–Crippen MR) is 75.9 cm³/mol. The second kappa shape index (κ2) is 4.42. The first-order valence-corrected chi connectivity index (χ1v) is 7.03. The van der Waals surface area contributed by atoms with Gasteiger partial charge in [-0.25, -0.2) is 0 Å². The second-order valence-electron chi connectivity index (χ2n) is 6.26. The quantitative estimate of drug-likeness (QED) is 0.842. The first-order chi connectivity index (χ1) is 9.41. The summed E-state index contributed by atoms with van der Waals surface area (Å²) in [5.41, 5.74) is 1.73. The van der Waals surface area contributed by atoms with Gasteiger partial charge < -0.3 is 10.1 Å². The SMILES string of the molecule is CC1CCOC1C(=O)c1ccc2c(c1)C(C)(C)C(=O)N2. The Kier molecular flexibility index (Phi) is 2.94. The number of hydrogen-bond donors (Lipinski definition) is 1. The molecule has 2 aliphatic heterocycles. The van der Waals surface area contributed by atoms with Gasteiger partial charge in [0.25, 0.3) is 0 Å². The number of fused-ring (bicyclic) bond motifs is 1. The number of anilines is 1. The van der Waals surface area contributed by atoms with E-state index in [0.29, 0.717) is 12.2 Å². The zero-order valence-electron chi connectivity index (χ0n) is 12.0. The minimum atomic E-state index is -0.590. The first-order valence-electron chi connectivity index (χ1n) is 7.03. The molecular formula is C16H19NO3. The Labute approximate surface area is 118 Å². The zero-order valence-corrected chi connectivity index (χ0v) is 12.0. The van der Waals surface area contributed by atoms with Crippen molar-refractivity contribution in [1.82, 2.24) is 0 Å². The van der Waals surface area contributed by atoms with E-state index >= 15 is 0 Å². The highest BCUT2D eigenvalue weighted by molar-refractivity contribution is 6.07. The monoisotopic (exact) mass is 273 g/mol. The molecule has 1 amide bonds. The molecule has 0 aliphatic carbocycles. The summed E-state index contributed by atoms with van der Waals surface area (Å²) in [5.74, 6) is 0.249. The van der Waals surface area contributed by atoms with Gasteiger partial charge in [0.05, 0.1) is 5.41 Å². The molecule has 0 bridgehead atoms. The van der Waals surface area contributed by atoms with E-state index in [2.05, 4.69) is 5.32 Å². The molecule has 20 heavy (non-hydrogen) atoms. The van der Waals surface area contributed by atoms with Crippen molar-refractivity contribution in [3.05, 3.63) is 29.3 Å². The fourth-order valence-corrected chi connectivity index (χ4v) is 2.92. The Balaban J connectivity index is 1.96. The van der Waals surface area contributed by atoms with Gasteiger partial charge in [0.15, 0.2) is 5.78 Å². The van der Waals surface area contributed by atoms with Crippen LogP contribution in [0.2, 0.25) is 0 Å². The lowest BCUT2D eigenvalue weighted by Crippen LogP contribution is -2.28. The lowest BCUT2D eigenvalue weighted by molar-refractivity contribution is -0.119. The molecule has 1 saturated heterocycles. The van der Waals surface area contributed by atoms with Crippen molar-refractivity contribution in [2.24, 2.45) is 5.92 Å². The molecule has 0 saturated carbocycles. The van der Waals surface area contributed by atoms with Gasteiger partial charge in [0.1, 0.15) is 6.10 Å². The van der Waals surface area contributed by atoms with Crippen molar-refractivity contribution in [3.63, 3.8) is 0 Å². The summed E-state index contributed by atoms with van der Waals surface area (Å²) < 4.78 is 5.54. The van der Waals surface area contributed by atoms with Crippen molar-refractivity contribution in [2.75, 3.05) is 11.9 Å². The molecule has 0 radical (unpaired) electrons. The molecule has 0 aromatic heterocycles. The van der Waals surface area contributed by atoms with Gasteiger partial charge in [-0.1, -0.05) is 6.92 Å². The molecule has 2 aliphatic rings. The molecule has 4 nitrogen and oxygen atoms in total. The van der Waals surface area contributed by atoms with Crippen molar-refractivity contribution in [3.8, 4) is 0 Å². The van der Waals surface area contributed by atoms with Gasteiger partial charge in [-0.2, -0.15) is 0 Å². The predicted octanol–water partition coefficient (Wildman–Crippen LogP) is 2.52. The number of amides is 1. The Morgan fingerprint density at radius 1 is 1.40 bits per heavy atom. The molecule has 1 fully saturated rings. The van der Waals surface area contributed by atoms with Gasteiger partial charge in [0, 0.05) is 17.9 Å². The number of rotatable bonds is 2. The average molecular weight is 273 g/mol. The second-order valence-corrected chi connectivity index (χ2v) is 6.26. The Hall–Kier alpha value is -1.68. The molecule has 2 heterocycles. The lowest BCUT2D eigenvalue weighted by atomic mass is 9.84. The van der Waals surface area contributed by atoms with Crippen LogP contribution in [0, 0.1) is 5.92 Å². The number of hydrogen-bond acceptors (Lipinski definition) is 3. The Bertz CT molecular complexity index is 591. The van der Waals surface area contributed by atoms with Gasteiger partial charge in [-0.05, 0) is 49.9 Å². The normalized spacial score (nSPS) is 27.2. The Morgan fingerprint density at radius 3 is 2.80 bits per heavy atom. The van der Waals surface area contributed by atoms with Crippen LogP contribution in [0.15, 0.2) is 18.2 Å². The van der Waals surface area contributed by atoms with E-state index in [-0.39, 0.29) is 23.7 Å². The van der Waals surface area contributed by atoms with Crippen LogP contribution in [0.25, 0.3) is 0 Å². The standard InChI is InChI=1S/C16H19NO3/c1-9-6-7-20-14(9)13(18)10-4-5-12-11(8-10)16(2,3)15(19)17-12/h4-5,8-9,14H,6-7H2,1-3H3,(H,17,19). The molecule has 2 unspecified atom stereocenters. The largest absolute Gasteiger partial charge is 0.370 e. The topological polar surface area (TPSA) is 55.4 Å². The van der Waals surface area contributed by atoms with E-state index in [1.165, 1.54) is 0 Å². The summed E-state index contributed by atoms with van der Waals surface area (Å²) in [7, 11) is 0. The molecular weight excluding hydrogens is 254 g/mol. The Morgan fingerprint density at radius 2 is 2.15 bits per heavy atom. The van der Waals surface area contributed by atoms with Crippen molar-refractivity contribution < 1.29 is 14.3 Å². The summed E-state index contributed by atoms with van der Waals surface area (Å²) in [6.07, 6.45) is 0.577. The number of Topliss-reactive ketones (excluding diaryl/α,β-unsaturated/α-hetero) is 1. The molecule has 3 rings (SSSR count). The van der Waals surface area contributed by atoms with Crippen molar-refractivity contribution >= 4 is 17.4 Å². The van der Waals surface area contributed by atoms with Crippen molar-refractivity contribution in [2.45, 2.75) is 38.7 Å². The van der Waals surface area contributed by atoms with Gasteiger partial charge >= 0.3 is 0 Å². The summed E-state index contributed by atoms with van der Waals surface area (Å²) >= 11 is 0. The number of ether oxygens (including phenoxy) is 1.